The van der Waals surface area contributed by atoms with Crippen molar-refractivity contribution in [2.45, 2.75) is 13.0 Å². The summed E-state index contributed by atoms with van der Waals surface area (Å²) < 4.78 is 0. The van der Waals surface area contributed by atoms with Crippen LogP contribution in [0.1, 0.15) is 24.2 Å². The summed E-state index contributed by atoms with van der Waals surface area (Å²) in [6.07, 6.45) is 0. The Morgan fingerprint density at radius 2 is 2.25 bits per heavy atom. The molecule has 1 atom stereocenters. The van der Waals surface area contributed by atoms with Crippen molar-refractivity contribution < 1.29 is 0 Å². The van der Waals surface area contributed by atoms with Gasteiger partial charge in [-0.15, -0.1) is 11.3 Å². The molecule has 1 aromatic heterocycles. The van der Waals surface area contributed by atoms with E-state index in [0.29, 0.717) is 5.56 Å². The summed E-state index contributed by atoms with van der Waals surface area (Å²) in [5.41, 5.74) is 4.32. The normalized spacial score (nSPS) is 11.8. The Balaban J connectivity index is 2.19. The molecule has 0 saturated carbocycles. The lowest BCUT2D eigenvalue weighted by Crippen LogP contribution is -2.07. The molecule has 0 aliphatic heterocycles. The van der Waals surface area contributed by atoms with E-state index in [1.54, 1.807) is 17.4 Å². The van der Waals surface area contributed by atoms with E-state index in [1.165, 1.54) is 0 Å². The number of nitrogens with one attached hydrogen (secondary N) is 1. The van der Waals surface area contributed by atoms with Crippen LogP contribution in [0, 0.1) is 11.3 Å². The fraction of sp³-hybridized carbons (Fsp3) is 0.167. The number of hydrogen-bond acceptors (Lipinski definition) is 4. The molecule has 4 heteroatoms. The summed E-state index contributed by atoms with van der Waals surface area (Å²) in [6.45, 7) is 2.03. The van der Waals surface area contributed by atoms with Crippen molar-refractivity contribution >= 4 is 17.0 Å². The van der Waals surface area contributed by atoms with Gasteiger partial charge < -0.3 is 5.32 Å². The van der Waals surface area contributed by atoms with Crippen LogP contribution in [0.3, 0.4) is 0 Å². The molecule has 0 aliphatic carbocycles. The van der Waals surface area contributed by atoms with Crippen molar-refractivity contribution in [3.8, 4) is 6.07 Å². The lowest BCUT2D eigenvalue weighted by Gasteiger charge is -2.13. The second kappa shape index (κ2) is 4.77. The predicted molar refractivity (Wildman–Crippen MR) is 65.3 cm³/mol. The SMILES string of the molecule is CC(Nc1ccccc1C#N)c1cscn1. The van der Waals surface area contributed by atoms with Gasteiger partial charge in [-0.3, -0.25) is 0 Å². The molecule has 0 fully saturated rings. The zero-order chi connectivity index (χ0) is 11.4. The van der Waals surface area contributed by atoms with Gasteiger partial charge in [-0.2, -0.15) is 5.26 Å². The number of para-hydroxylation sites is 1. The van der Waals surface area contributed by atoms with Gasteiger partial charge in [-0.25, -0.2) is 4.98 Å². The molecular weight excluding hydrogens is 218 g/mol. The van der Waals surface area contributed by atoms with Crippen LogP contribution in [0.4, 0.5) is 5.69 Å². The summed E-state index contributed by atoms with van der Waals surface area (Å²) in [4.78, 5) is 4.24. The molecule has 1 unspecified atom stereocenters. The first-order valence-electron chi connectivity index (χ1n) is 4.95. The van der Waals surface area contributed by atoms with Gasteiger partial charge >= 0.3 is 0 Å². The summed E-state index contributed by atoms with van der Waals surface area (Å²) in [7, 11) is 0. The van der Waals surface area contributed by atoms with Crippen LogP contribution in [-0.4, -0.2) is 4.98 Å². The minimum Gasteiger partial charge on any atom is -0.376 e. The highest BCUT2D eigenvalue weighted by molar-refractivity contribution is 7.07. The number of thiazole rings is 1. The highest BCUT2D eigenvalue weighted by atomic mass is 32.1. The molecule has 80 valence electrons. The molecule has 2 aromatic rings. The van der Waals surface area contributed by atoms with Crippen LogP contribution in [0.5, 0.6) is 0 Å². The maximum absolute atomic E-state index is 8.96. The second-order valence-corrected chi connectivity index (χ2v) is 4.16. The van der Waals surface area contributed by atoms with E-state index in [0.717, 1.165) is 11.4 Å². The maximum Gasteiger partial charge on any atom is 0.101 e. The Bertz CT molecular complexity index is 499. The molecule has 0 spiro atoms. The fourth-order valence-corrected chi connectivity index (χ4v) is 2.10. The number of nitriles is 1. The smallest absolute Gasteiger partial charge is 0.101 e. The first-order chi connectivity index (χ1) is 7.81. The maximum atomic E-state index is 8.96. The minimum absolute atomic E-state index is 0.112. The molecular formula is C12H11N3S. The molecule has 0 aliphatic rings. The van der Waals surface area contributed by atoms with Crippen molar-refractivity contribution in [3.63, 3.8) is 0 Å². The molecule has 1 heterocycles. The van der Waals surface area contributed by atoms with Gasteiger partial charge in [0.2, 0.25) is 0 Å². The van der Waals surface area contributed by atoms with Gasteiger partial charge in [-0.05, 0) is 19.1 Å². The third-order valence-electron chi connectivity index (χ3n) is 2.31. The number of aromatic nitrogens is 1. The molecule has 3 nitrogen and oxygen atoms in total. The van der Waals surface area contributed by atoms with Crippen molar-refractivity contribution in [1.29, 1.82) is 5.26 Å². The number of benzene rings is 1. The monoisotopic (exact) mass is 229 g/mol. The first kappa shape index (κ1) is 10.7. The minimum atomic E-state index is 0.112. The quantitative estimate of drug-likeness (QED) is 0.879. The molecule has 0 saturated heterocycles. The summed E-state index contributed by atoms with van der Waals surface area (Å²) in [5, 5.41) is 14.3. The Labute approximate surface area is 98.4 Å². The molecule has 0 radical (unpaired) electrons. The van der Waals surface area contributed by atoms with Gasteiger partial charge in [0.15, 0.2) is 0 Å². The van der Waals surface area contributed by atoms with E-state index in [4.69, 9.17) is 5.26 Å². The Kier molecular flexibility index (Phi) is 3.18. The van der Waals surface area contributed by atoms with Crippen LogP contribution in [-0.2, 0) is 0 Å². The van der Waals surface area contributed by atoms with E-state index in [-0.39, 0.29) is 6.04 Å². The first-order valence-corrected chi connectivity index (χ1v) is 5.89. The van der Waals surface area contributed by atoms with Gasteiger partial charge in [0, 0.05) is 5.38 Å². The van der Waals surface area contributed by atoms with Gasteiger partial charge in [0.25, 0.3) is 0 Å². The van der Waals surface area contributed by atoms with Gasteiger partial charge in [0.1, 0.15) is 6.07 Å². The van der Waals surface area contributed by atoms with Crippen molar-refractivity contribution in [2.24, 2.45) is 0 Å². The van der Waals surface area contributed by atoms with Crippen LogP contribution >= 0.6 is 11.3 Å². The topological polar surface area (TPSA) is 48.7 Å². The fourth-order valence-electron chi connectivity index (χ4n) is 1.45. The lowest BCUT2D eigenvalue weighted by atomic mass is 10.1. The number of rotatable bonds is 3. The largest absolute Gasteiger partial charge is 0.376 e. The molecule has 16 heavy (non-hydrogen) atoms. The van der Waals surface area contributed by atoms with Crippen LogP contribution in [0.2, 0.25) is 0 Å². The van der Waals surface area contributed by atoms with Crippen molar-refractivity contribution in [2.75, 3.05) is 5.32 Å². The zero-order valence-corrected chi connectivity index (χ0v) is 9.66. The standard InChI is InChI=1S/C12H11N3S/c1-9(12-7-16-8-14-12)15-11-5-3-2-4-10(11)6-13/h2-5,7-9,15H,1H3. The molecule has 1 aromatic carbocycles. The van der Waals surface area contributed by atoms with Crippen LogP contribution < -0.4 is 5.32 Å². The summed E-state index contributed by atoms with van der Waals surface area (Å²) >= 11 is 1.57. The molecule has 0 bridgehead atoms. The highest BCUT2D eigenvalue weighted by Gasteiger charge is 2.08. The molecule has 1 N–H and O–H groups in total. The van der Waals surface area contributed by atoms with E-state index < -0.39 is 0 Å². The van der Waals surface area contributed by atoms with E-state index >= 15 is 0 Å². The Morgan fingerprint density at radius 3 is 2.94 bits per heavy atom. The van der Waals surface area contributed by atoms with E-state index in [9.17, 15) is 0 Å². The van der Waals surface area contributed by atoms with Crippen LogP contribution in [0.25, 0.3) is 0 Å². The second-order valence-electron chi connectivity index (χ2n) is 3.44. The predicted octanol–water partition coefficient (Wildman–Crippen LogP) is 3.19. The van der Waals surface area contributed by atoms with E-state index in [1.807, 2.05) is 36.0 Å². The third-order valence-corrected chi connectivity index (χ3v) is 2.92. The summed E-state index contributed by atoms with van der Waals surface area (Å²) in [5.74, 6) is 0. The van der Waals surface area contributed by atoms with Crippen LogP contribution in [0.15, 0.2) is 35.2 Å². The average molecular weight is 229 g/mol. The Morgan fingerprint density at radius 1 is 1.44 bits per heavy atom. The molecule has 2 rings (SSSR count). The third kappa shape index (κ3) is 2.20. The van der Waals surface area contributed by atoms with Gasteiger partial charge in [-0.1, -0.05) is 12.1 Å². The van der Waals surface area contributed by atoms with Crippen molar-refractivity contribution in [3.05, 3.63) is 46.4 Å². The number of anilines is 1. The Hall–Kier alpha value is -1.86. The molecule has 0 amide bonds. The van der Waals surface area contributed by atoms with E-state index in [2.05, 4.69) is 16.4 Å². The highest BCUT2D eigenvalue weighted by Crippen LogP contribution is 2.21. The number of nitrogens with zero attached hydrogens (tertiary/aromatic N) is 2. The lowest BCUT2D eigenvalue weighted by molar-refractivity contribution is 0.849. The zero-order valence-electron chi connectivity index (χ0n) is 8.84. The summed E-state index contributed by atoms with van der Waals surface area (Å²) in [6, 6.07) is 9.76. The van der Waals surface area contributed by atoms with Gasteiger partial charge in [0.05, 0.1) is 28.5 Å². The van der Waals surface area contributed by atoms with Crippen molar-refractivity contribution in [1.82, 2.24) is 4.98 Å². The average Bonchev–Trinajstić information content (AvgIpc) is 2.83. The number of hydrogen-bond donors (Lipinski definition) is 1.